The second-order valence-electron chi connectivity index (χ2n) is 7.80. The van der Waals surface area contributed by atoms with Crippen molar-refractivity contribution in [2.75, 3.05) is 5.32 Å². The van der Waals surface area contributed by atoms with Crippen LogP contribution in [0.1, 0.15) is 53.7 Å². The van der Waals surface area contributed by atoms with Crippen molar-refractivity contribution >= 4 is 17.4 Å². The Hall–Kier alpha value is -3.47. The van der Waals surface area contributed by atoms with E-state index in [0.717, 1.165) is 16.8 Å². The fourth-order valence-corrected chi connectivity index (χ4v) is 3.28. The number of benzene rings is 3. The second-order valence-corrected chi connectivity index (χ2v) is 7.80. The third-order valence-electron chi connectivity index (χ3n) is 5.08. The summed E-state index contributed by atoms with van der Waals surface area (Å²) < 4.78 is 18.8. The number of aryl methyl sites for hydroxylation is 1. The Morgan fingerprint density at radius 1 is 0.871 bits per heavy atom. The van der Waals surface area contributed by atoms with Gasteiger partial charge in [0.15, 0.2) is 11.9 Å². The van der Waals surface area contributed by atoms with Crippen molar-refractivity contribution < 1.29 is 18.7 Å². The van der Waals surface area contributed by atoms with E-state index in [1.165, 1.54) is 24.3 Å². The summed E-state index contributed by atoms with van der Waals surface area (Å²) in [4.78, 5) is 25.2. The van der Waals surface area contributed by atoms with E-state index in [-0.39, 0.29) is 17.6 Å². The number of rotatable bonds is 7. The Balaban J connectivity index is 1.67. The quantitative estimate of drug-likeness (QED) is 0.486. The summed E-state index contributed by atoms with van der Waals surface area (Å²) in [5.41, 5.74) is 3.75. The maximum atomic E-state index is 13.1. The topological polar surface area (TPSA) is 55.4 Å². The lowest BCUT2D eigenvalue weighted by molar-refractivity contribution is -0.122. The van der Waals surface area contributed by atoms with Gasteiger partial charge in [0, 0.05) is 16.8 Å². The second kappa shape index (κ2) is 9.56. The molecule has 0 saturated carbocycles. The standard InChI is InChI=1S/C26H26FNO3/c1-16(2)23-7-5-6-17(3)24(23)28-26(30)18(4)31-22-14-10-20(11-15-22)25(29)19-8-12-21(27)13-9-19/h5-16,18H,1-4H3,(H,28,30)/t18-/m1/s1. The van der Waals surface area contributed by atoms with E-state index in [9.17, 15) is 14.0 Å². The minimum absolute atomic E-state index is 0.210. The average Bonchev–Trinajstić information content (AvgIpc) is 2.75. The van der Waals surface area contributed by atoms with Crippen molar-refractivity contribution in [2.45, 2.75) is 39.7 Å². The van der Waals surface area contributed by atoms with Crippen LogP contribution in [0.5, 0.6) is 5.75 Å². The molecular formula is C26H26FNO3. The number of ether oxygens (including phenoxy) is 1. The van der Waals surface area contributed by atoms with E-state index in [2.05, 4.69) is 19.2 Å². The highest BCUT2D eigenvalue weighted by Crippen LogP contribution is 2.27. The monoisotopic (exact) mass is 419 g/mol. The van der Waals surface area contributed by atoms with Gasteiger partial charge in [-0.15, -0.1) is 0 Å². The first-order chi connectivity index (χ1) is 14.8. The maximum absolute atomic E-state index is 13.1. The lowest BCUT2D eigenvalue weighted by atomic mass is 9.98. The molecule has 0 aliphatic heterocycles. The van der Waals surface area contributed by atoms with Gasteiger partial charge in [-0.2, -0.15) is 0 Å². The predicted octanol–water partition coefficient (Wildman–Crippen LogP) is 5.89. The van der Waals surface area contributed by atoms with Crippen molar-refractivity contribution in [3.8, 4) is 5.75 Å². The van der Waals surface area contributed by atoms with Gasteiger partial charge in [-0.05, 0) is 79.4 Å². The minimum atomic E-state index is -0.724. The first-order valence-corrected chi connectivity index (χ1v) is 10.2. The molecule has 1 atom stereocenters. The highest BCUT2D eigenvalue weighted by Gasteiger charge is 2.19. The van der Waals surface area contributed by atoms with Crippen molar-refractivity contribution in [3.05, 3.63) is 94.8 Å². The number of para-hydroxylation sites is 1. The number of carbonyl (C=O) groups excluding carboxylic acids is 2. The molecule has 0 saturated heterocycles. The van der Waals surface area contributed by atoms with Gasteiger partial charge in [0.1, 0.15) is 11.6 Å². The Bertz CT molecular complexity index is 1070. The van der Waals surface area contributed by atoms with Crippen LogP contribution in [0.25, 0.3) is 0 Å². The number of hydrogen-bond donors (Lipinski definition) is 1. The largest absolute Gasteiger partial charge is 0.481 e. The number of nitrogens with one attached hydrogen (secondary N) is 1. The third-order valence-corrected chi connectivity index (χ3v) is 5.08. The molecular weight excluding hydrogens is 393 g/mol. The Morgan fingerprint density at radius 2 is 1.45 bits per heavy atom. The van der Waals surface area contributed by atoms with Crippen LogP contribution in [0.4, 0.5) is 10.1 Å². The van der Waals surface area contributed by atoms with Crippen LogP contribution in [-0.2, 0) is 4.79 Å². The lowest BCUT2D eigenvalue weighted by Crippen LogP contribution is -2.30. The van der Waals surface area contributed by atoms with Crippen LogP contribution in [0.15, 0.2) is 66.7 Å². The molecule has 0 aliphatic rings. The summed E-state index contributed by atoms with van der Waals surface area (Å²) in [6.07, 6.45) is -0.724. The van der Waals surface area contributed by atoms with E-state index in [1.54, 1.807) is 31.2 Å². The van der Waals surface area contributed by atoms with E-state index in [1.807, 2.05) is 25.1 Å². The van der Waals surface area contributed by atoms with Crippen LogP contribution in [0, 0.1) is 12.7 Å². The summed E-state index contributed by atoms with van der Waals surface area (Å²) in [6, 6.07) is 17.9. The molecule has 0 unspecified atom stereocenters. The normalized spacial score (nSPS) is 11.8. The minimum Gasteiger partial charge on any atom is -0.481 e. The van der Waals surface area contributed by atoms with E-state index in [4.69, 9.17) is 4.74 Å². The fourth-order valence-electron chi connectivity index (χ4n) is 3.28. The van der Waals surface area contributed by atoms with Gasteiger partial charge in [-0.3, -0.25) is 9.59 Å². The molecule has 0 radical (unpaired) electrons. The van der Waals surface area contributed by atoms with Crippen LogP contribution in [0.3, 0.4) is 0 Å². The number of hydrogen-bond acceptors (Lipinski definition) is 3. The zero-order chi connectivity index (χ0) is 22.5. The van der Waals surface area contributed by atoms with Gasteiger partial charge in [0.25, 0.3) is 5.91 Å². The van der Waals surface area contributed by atoms with Crippen LogP contribution in [0.2, 0.25) is 0 Å². The number of amides is 1. The number of ketones is 1. The Kier molecular flexibility index (Phi) is 6.85. The highest BCUT2D eigenvalue weighted by atomic mass is 19.1. The lowest BCUT2D eigenvalue weighted by Gasteiger charge is -2.19. The van der Waals surface area contributed by atoms with Crippen LogP contribution in [-0.4, -0.2) is 17.8 Å². The first-order valence-electron chi connectivity index (χ1n) is 10.2. The summed E-state index contributed by atoms with van der Waals surface area (Å²) in [5.74, 6) is -0.0932. The summed E-state index contributed by atoms with van der Waals surface area (Å²) in [7, 11) is 0. The third kappa shape index (κ3) is 5.37. The Morgan fingerprint density at radius 3 is 2.03 bits per heavy atom. The first kappa shape index (κ1) is 22.2. The molecule has 4 nitrogen and oxygen atoms in total. The van der Waals surface area contributed by atoms with Crippen molar-refractivity contribution in [1.29, 1.82) is 0 Å². The summed E-state index contributed by atoms with van der Waals surface area (Å²) >= 11 is 0. The molecule has 3 aromatic carbocycles. The zero-order valence-corrected chi connectivity index (χ0v) is 18.1. The van der Waals surface area contributed by atoms with Crippen molar-refractivity contribution in [2.24, 2.45) is 0 Å². The molecule has 0 aliphatic carbocycles. The van der Waals surface area contributed by atoms with Crippen LogP contribution < -0.4 is 10.1 Å². The molecule has 160 valence electrons. The van der Waals surface area contributed by atoms with Gasteiger partial charge in [-0.25, -0.2) is 4.39 Å². The van der Waals surface area contributed by atoms with Crippen molar-refractivity contribution in [3.63, 3.8) is 0 Å². The molecule has 0 bridgehead atoms. The average molecular weight is 419 g/mol. The van der Waals surface area contributed by atoms with Crippen LogP contribution >= 0.6 is 0 Å². The van der Waals surface area contributed by atoms with Gasteiger partial charge >= 0.3 is 0 Å². The van der Waals surface area contributed by atoms with Gasteiger partial charge in [0.05, 0.1) is 0 Å². The summed E-state index contributed by atoms with van der Waals surface area (Å²) in [6.45, 7) is 7.81. The fraction of sp³-hybridized carbons (Fsp3) is 0.231. The number of carbonyl (C=O) groups is 2. The molecule has 0 spiro atoms. The number of halogens is 1. The molecule has 1 N–H and O–H groups in total. The van der Waals surface area contributed by atoms with Crippen molar-refractivity contribution in [1.82, 2.24) is 0 Å². The van der Waals surface area contributed by atoms with E-state index >= 15 is 0 Å². The number of anilines is 1. The predicted molar refractivity (Wildman–Crippen MR) is 120 cm³/mol. The highest BCUT2D eigenvalue weighted by molar-refractivity contribution is 6.09. The maximum Gasteiger partial charge on any atom is 0.265 e. The molecule has 3 aromatic rings. The molecule has 0 fully saturated rings. The smallest absolute Gasteiger partial charge is 0.265 e. The van der Waals surface area contributed by atoms with E-state index in [0.29, 0.717) is 16.9 Å². The molecule has 3 rings (SSSR count). The zero-order valence-electron chi connectivity index (χ0n) is 18.1. The van der Waals surface area contributed by atoms with Gasteiger partial charge < -0.3 is 10.1 Å². The Labute approximate surface area is 182 Å². The molecule has 31 heavy (non-hydrogen) atoms. The van der Waals surface area contributed by atoms with Gasteiger partial charge in [-0.1, -0.05) is 32.0 Å². The van der Waals surface area contributed by atoms with Gasteiger partial charge in [0.2, 0.25) is 0 Å². The molecule has 5 heteroatoms. The molecule has 1 amide bonds. The molecule has 0 aromatic heterocycles. The SMILES string of the molecule is Cc1cccc(C(C)C)c1NC(=O)[C@@H](C)Oc1ccc(C(=O)c2ccc(F)cc2)cc1. The molecule has 0 heterocycles. The summed E-state index contributed by atoms with van der Waals surface area (Å²) in [5, 5.41) is 2.99. The van der Waals surface area contributed by atoms with E-state index < -0.39 is 11.9 Å².